The second-order valence-corrected chi connectivity index (χ2v) is 4.30. The zero-order valence-corrected chi connectivity index (χ0v) is 10.9. The van der Waals surface area contributed by atoms with Crippen LogP contribution in [-0.4, -0.2) is 17.3 Å². The van der Waals surface area contributed by atoms with Crippen LogP contribution in [0.4, 0.5) is 5.69 Å². The van der Waals surface area contributed by atoms with Gasteiger partial charge in [0.25, 0.3) is 0 Å². The first-order valence-corrected chi connectivity index (χ1v) is 5.86. The minimum absolute atomic E-state index is 0.533. The van der Waals surface area contributed by atoms with Crippen LogP contribution >= 0.6 is 0 Å². The SMILES string of the molecule is COc1ccc(CNc2cc(C)cc(C)c2)nn1. The summed E-state index contributed by atoms with van der Waals surface area (Å²) in [5.41, 5.74) is 4.48. The number of nitrogens with zero attached hydrogens (tertiary/aromatic N) is 2. The number of benzene rings is 1. The largest absolute Gasteiger partial charge is 0.480 e. The van der Waals surface area contributed by atoms with Crippen LogP contribution in [0.1, 0.15) is 16.8 Å². The Hall–Kier alpha value is -2.10. The second-order valence-electron chi connectivity index (χ2n) is 4.30. The number of nitrogens with one attached hydrogen (secondary N) is 1. The minimum Gasteiger partial charge on any atom is -0.480 e. The third-order valence-electron chi connectivity index (χ3n) is 2.60. The fourth-order valence-corrected chi connectivity index (χ4v) is 1.82. The number of methoxy groups -OCH3 is 1. The Morgan fingerprint density at radius 3 is 2.33 bits per heavy atom. The molecule has 0 saturated heterocycles. The van der Waals surface area contributed by atoms with Gasteiger partial charge in [0.15, 0.2) is 0 Å². The van der Waals surface area contributed by atoms with Crippen LogP contribution in [0.3, 0.4) is 0 Å². The van der Waals surface area contributed by atoms with Crippen molar-refractivity contribution in [2.45, 2.75) is 20.4 Å². The van der Waals surface area contributed by atoms with Gasteiger partial charge in [0, 0.05) is 11.8 Å². The number of rotatable bonds is 4. The van der Waals surface area contributed by atoms with Crippen LogP contribution in [-0.2, 0) is 6.54 Å². The molecule has 0 aliphatic rings. The number of aryl methyl sites for hydroxylation is 2. The van der Waals surface area contributed by atoms with Gasteiger partial charge in [0.05, 0.1) is 19.3 Å². The lowest BCUT2D eigenvalue weighted by Crippen LogP contribution is -2.03. The predicted octanol–water partition coefficient (Wildman–Crippen LogP) is 2.71. The van der Waals surface area contributed by atoms with E-state index in [2.05, 4.69) is 47.6 Å². The van der Waals surface area contributed by atoms with Crippen molar-refractivity contribution < 1.29 is 4.74 Å². The Kier molecular flexibility index (Phi) is 3.77. The molecule has 1 heterocycles. The highest BCUT2D eigenvalue weighted by Gasteiger charge is 1.99. The molecular formula is C14H17N3O. The summed E-state index contributed by atoms with van der Waals surface area (Å²) in [7, 11) is 1.58. The Labute approximate surface area is 107 Å². The first-order valence-electron chi connectivity index (χ1n) is 5.86. The lowest BCUT2D eigenvalue weighted by Gasteiger charge is -2.08. The molecule has 0 aliphatic heterocycles. The molecule has 0 amide bonds. The van der Waals surface area contributed by atoms with E-state index in [4.69, 9.17) is 4.74 Å². The van der Waals surface area contributed by atoms with Crippen LogP contribution in [0, 0.1) is 13.8 Å². The van der Waals surface area contributed by atoms with E-state index in [9.17, 15) is 0 Å². The molecule has 1 N–H and O–H groups in total. The molecule has 0 unspecified atom stereocenters. The van der Waals surface area contributed by atoms with Gasteiger partial charge >= 0.3 is 0 Å². The third kappa shape index (κ3) is 3.20. The van der Waals surface area contributed by atoms with Crippen LogP contribution in [0.2, 0.25) is 0 Å². The second kappa shape index (κ2) is 5.49. The number of hydrogen-bond donors (Lipinski definition) is 1. The van der Waals surface area contributed by atoms with Crippen molar-refractivity contribution in [2.24, 2.45) is 0 Å². The summed E-state index contributed by atoms with van der Waals surface area (Å²) in [6, 6.07) is 10.1. The van der Waals surface area contributed by atoms with Crippen molar-refractivity contribution in [3.8, 4) is 5.88 Å². The number of ether oxygens (including phenoxy) is 1. The number of hydrogen-bond acceptors (Lipinski definition) is 4. The molecule has 0 saturated carbocycles. The molecule has 0 fully saturated rings. The summed E-state index contributed by atoms with van der Waals surface area (Å²) in [6.07, 6.45) is 0. The van der Waals surface area contributed by atoms with Gasteiger partial charge in [-0.25, -0.2) is 0 Å². The quantitative estimate of drug-likeness (QED) is 0.897. The minimum atomic E-state index is 0.533. The van der Waals surface area contributed by atoms with Crippen LogP contribution in [0.5, 0.6) is 5.88 Å². The van der Waals surface area contributed by atoms with Gasteiger partial charge in [0.2, 0.25) is 5.88 Å². The van der Waals surface area contributed by atoms with E-state index < -0.39 is 0 Å². The monoisotopic (exact) mass is 243 g/mol. The Balaban J connectivity index is 2.01. The summed E-state index contributed by atoms with van der Waals surface area (Å²) >= 11 is 0. The smallest absolute Gasteiger partial charge is 0.233 e. The highest BCUT2D eigenvalue weighted by molar-refractivity contribution is 5.48. The maximum atomic E-state index is 4.97. The molecule has 2 rings (SSSR count). The van der Waals surface area contributed by atoms with Crippen molar-refractivity contribution in [3.05, 3.63) is 47.2 Å². The average Bonchev–Trinajstić information content (AvgIpc) is 2.36. The maximum Gasteiger partial charge on any atom is 0.233 e. The Bertz CT molecular complexity index is 503. The van der Waals surface area contributed by atoms with Gasteiger partial charge in [-0.15, -0.1) is 5.10 Å². The zero-order chi connectivity index (χ0) is 13.0. The van der Waals surface area contributed by atoms with E-state index in [1.165, 1.54) is 11.1 Å². The molecule has 0 bridgehead atoms. The number of anilines is 1. The van der Waals surface area contributed by atoms with Crippen LogP contribution < -0.4 is 10.1 Å². The predicted molar refractivity (Wildman–Crippen MR) is 71.8 cm³/mol. The maximum absolute atomic E-state index is 4.97. The van der Waals surface area contributed by atoms with E-state index in [0.29, 0.717) is 12.4 Å². The van der Waals surface area contributed by atoms with Crippen molar-refractivity contribution in [1.29, 1.82) is 0 Å². The standard InChI is InChI=1S/C14H17N3O/c1-10-6-11(2)8-13(7-10)15-9-12-4-5-14(18-3)17-16-12/h4-8,15H,9H2,1-3H3. The topological polar surface area (TPSA) is 47.0 Å². The summed E-state index contributed by atoms with van der Waals surface area (Å²) in [5, 5.41) is 11.3. The van der Waals surface area contributed by atoms with E-state index in [1.807, 2.05) is 12.1 Å². The summed E-state index contributed by atoms with van der Waals surface area (Å²) < 4.78 is 4.97. The number of aromatic nitrogens is 2. The van der Waals surface area contributed by atoms with Gasteiger partial charge in [-0.2, -0.15) is 5.10 Å². The lowest BCUT2D eigenvalue weighted by atomic mass is 10.1. The highest BCUT2D eigenvalue weighted by atomic mass is 16.5. The van der Waals surface area contributed by atoms with Gasteiger partial charge in [-0.1, -0.05) is 6.07 Å². The Morgan fingerprint density at radius 2 is 1.78 bits per heavy atom. The fourth-order valence-electron chi connectivity index (χ4n) is 1.82. The molecule has 94 valence electrons. The van der Waals surface area contributed by atoms with Crippen molar-refractivity contribution >= 4 is 5.69 Å². The summed E-state index contributed by atoms with van der Waals surface area (Å²) in [4.78, 5) is 0. The fraction of sp³-hybridized carbons (Fsp3) is 0.286. The van der Waals surface area contributed by atoms with E-state index in [-0.39, 0.29) is 0 Å². The molecule has 1 aromatic carbocycles. The third-order valence-corrected chi connectivity index (χ3v) is 2.60. The van der Waals surface area contributed by atoms with Crippen molar-refractivity contribution in [2.75, 3.05) is 12.4 Å². The Morgan fingerprint density at radius 1 is 1.06 bits per heavy atom. The van der Waals surface area contributed by atoms with E-state index in [1.54, 1.807) is 7.11 Å². The highest BCUT2D eigenvalue weighted by Crippen LogP contribution is 2.14. The zero-order valence-electron chi connectivity index (χ0n) is 10.9. The lowest BCUT2D eigenvalue weighted by molar-refractivity contribution is 0.391. The summed E-state index contributed by atoms with van der Waals surface area (Å²) in [5.74, 6) is 0.533. The van der Waals surface area contributed by atoms with Crippen molar-refractivity contribution in [1.82, 2.24) is 10.2 Å². The van der Waals surface area contributed by atoms with E-state index in [0.717, 1.165) is 11.4 Å². The first-order chi connectivity index (χ1) is 8.67. The van der Waals surface area contributed by atoms with Gasteiger partial charge < -0.3 is 10.1 Å². The average molecular weight is 243 g/mol. The molecule has 0 aliphatic carbocycles. The molecule has 4 nitrogen and oxygen atoms in total. The summed E-state index contributed by atoms with van der Waals surface area (Å²) in [6.45, 7) is 4.83. The molecule has 2 aromatic rings. The van der Waals surface area contributed by atoms with E-state index >= 15 is 0 Å². The molecular weight excluding hydrogens is 226 g/mol. The normalized spacial score (nSPS) is 10.2. The molecule has 1 aromatic heterocycles. The van der Waals surface area contributed by atoms with Crippen LogP contribution in [0.15, 0.2) is 30.3 Å². The van der Waals surface area contributed by atoms with Gasteiger partial charge in [-0.3, -0.25) is 0 Å². The van der Waals surface area contributed by atoms with Crippen LogP contribution in [0.25, 0.3) is 0 Å². The molecule has 18 heavy (non-hydrogen) atoms. The molecule has 0 spiro atoms. The van der Waals surface area contributed by atoms with Crippen molar-refractivity contribution in [3.63, 3.8) is 0 Å². The van der Waals surface area contributed by atoms with Gasteiger partial charge in [0.1, 0.15) is 0 Å². The molecule has 0 atom stereocenters. The first kappa shape index (κ1) is 12.4. The molecule has 0 radical (unpaired) electrons. The molecule has 4 heteroatoms. The van der Waals surface area contributed by atoms with Gasteiger partial charge in [-0.05, 0) is 43.2 Å².